The summed E-state index contributed by atoms with van der Waals surface area (Å²) in [6, 6.07) is 19.4. The molecule has 7 nitrogen and oxygen atoms in total. The van der Waals surface area contributed by atoms with Crippen molar-refractivity contribution >= 4 is 11.6 Å². The summed E-state index contributed by atoms with van der Waals surface area (Å²) >= 11 is 0. The highest BCUT2D eigenvalue weighted by Gasteiger charge is 2.23. The number of rotatable bonds is 4. The molecule has 1 unspecified atom stereocenters. The van der Waals surface area contributed by atoms with Crippen molar-refractivity contribution in [3.63, 3.8) is 0 Å². The first-order valence-electron chi connectivity index (χ1n) is 9.36. The number of aromatic nitrogens is 4. The number of benzene rings is 2. The lowest BCUT2D eigenvalue weighted by Gasteiger charge is -2.29. The second kappa shape index (κ2) is 8.04. The molecule has 0 bridgehead atoms. The third kappa shape index (κ3) is 3.78. The Balaban J connectivity index is 1.45. The number of carbonyl (C=O) groups excluding carboxylic acids is 1. The van der Waals surface area contributed by atoms with Crippen molar-refractivity contribution in [1.29, 1.82) is 0 Å². The van der Waals surface area contributed by atoms with E-state index in [1.54, 1.807) is 4.68 Å². The zero-order chi connectivity index (χ0) is 19.3. The molecule has 28 heavy (non-hydrogen) atoms. The van der Waals surface area contributed by atoms with Gasteiger partial charge in [-0.3, -0.25) is 0 Å². The Bertz CT molecular complexity index is 967. The third-order valence-corrected chi connectivity index (χ3v) is 4.80. The number of carbonyl (C=O) groups is 1. The number of urea groups is 1. The van der Waals surface area contributed by atoms with Gasteiger partial charge in [-0.15, -0.1) is 5.10 Å². The van der Waals surface area contributed by atoms with E-state index in [9.17, 15) is 4.79 Å². The molecule has 1 aliphatic rings. The number of amides is 2. The van der Waals surface area contributed by atoms with Crippen molar-refractivity contribution < 1.29 is 4.79 Å². The van der Waals surface area contributed by atoms with E-state index in [4.69, 9.17) is 0 Å². The molecule has 7 heteroatoms. The molecule has 0 saturated heterocycles. The van der Waals surface area contributed by atoms with Crippen molar-refractivity contribution in [1.82, 2.24) is 30.4 Å². The van der Waals surface area contributed by atoms with E-state index in [-0.39, 0.29) is 12.1 Å². The third-order valence-electron chi connectivity index (χ3n) is 4.80. The summed E-state index contributed by atoms with van der Waals surface area (Å²) in [7, 11) is 0. The number of tetrazole rings is 1. The quantitative estimate of drug-likeness (QED) is 0.761. The van der Waals surface area contributed by atoms with Crippen LogP contribution in [-0.2, 0) is 0 Å². The van der Waals surface area contributed by atoms with Crippen LogP contribution < -0.4 is 5.32 Å². The molecule has 4 rings (SSSR count). The fraction of sp³-hybridized carbons (Fsp3) is 0.238. The predicted molar refractivity (Wildman–Crippen MR) is 107 cm³/mol. The molecule has 3 aromatic rings. The Labute approximate surface area is 163 Å². The maximum absolute atomic E-state index is 12.8. The highest BCUT2D eigenvalue weighted by Crippen LogP contribution is 2.21. The van der Waals surface area contributed by atoms with Crippen molar-refractivity contribution in [2.24, 2.45) is 0 Å². The lowest BCUT2D eigenvalue weighted by atomic mass is 10.0. The summed E-state index contributed by atoms with van der Waals surface area (Å²) in [6.45, 7) is 3.17. The maximum Gasteiger partial charge on any atom is 0.318 e. The van der Waals surface area contributed by atoms with Gasteiger partial charge in [-0.1, -0.05) is 54.6 Å². The van der Waals surface area contributed by atoms with Gasteiger partial charge in [0.1, 0.15) is 0 Å². The zero-order valence-electron chi connectivity index (χ0n) is 15.7. The molecule has 142 valence electrons. The molecule has 0 fully saturated rings. The lowest BCUT2D eigenvalue weighted by Crippen LogP contribution is -2.43. The Morgan fingerprint density at radius 1 is 1.07 bits per heavy atom. The van der Waals surface area contributed by atoms with Crippen LogP contribution in [0.2, 0.25) is 0 Å². The van der Waals surface area contributed by atoms with Gasteiger partial charge in [0.2, 0.25) is 0 Å². The normalized spacial score (nSPS) is 15.0. The van der Waals surface area contributed by atoms with Gasteiger partial charge in [-0.25, -0.2) is 4.79 Å². The standard InChI is InChI=1S/C21H22N6O/c1-16(20-23-24-25-27(20)19-12-6-3-7-13-19)22-21(28)26-14-8-11-18(15-26)17-9-4-2-5-10-17/h2-7,9-13,16H,8,14-15H2,1H3,(H,22,28). The van der Waals surface area contributed by atoms with Gasteiger partial charge in [0.05, 0.1) is 11.7 Å². The van der Waals surface area contributed by atoms with Gasteiger partial charge in [-0.05, 0) is 47.0 Å². The Morgan fingerprint density at radius 3 is 2.54 bits per heavy atom. The van der Waals surface area contributed by atoms with Crippen molar-refractivity contribution in [2.75, 3.05) is 13.1 Å². The van der Waals surface area contributed by atoms with Crippen LogP contribution in [0.5, 0.6) is 0 Å². The van der Waals surface area contributed by atoms with Gasteiger partial charge >= 0.3 is 6.03 Å². The van der Waals surface area contributed by atoms with E-state index in [1.807, 2.05) is 60.4 Å². The first kappa shape index (κ1) is 17.9. The second-order valence-corrected chi connectivity index (χ2v) is 6.76. The first-order valence-corrected chi connectivity index (χ1v) is 9.36. The number of para-hydroxylation sites is 1. The van der Waals surface area contributed by atoms with Gasteiger partial charge in [0, 0.05) is 13.1 Å². The van der Waals surface area contributed by atoms with E-state index in [1.165, 1.54) is 5.57 Å². The largest absolute Gasteiger partial charge is 0.328 e. The van der Waals surface area contributed by atoms with E-state index >= 15 is 0 Å². The number of hydrogen-bond acceptors (Lipinski definition) is 4. The van der Waals surface area contributed by atoms with Gasteiger partial charge < -0.3 is 10.2 Å². The van der Waals surface area contributed by atoms with Crippen LogP contribution in [0, 0.1) is 0 Å². The molecule has 1 N–H and O–H groups in total. The van der Waals surface area contributed by atoms with E-state index in [0.717, 1.165) is 17.7 Å². The van der Waals surface area contributed by atoms with Crippen LogP contribution in [0.25, 0.3) is 11.3 Å². The van der Waals surface area contributed by atoms with Crippen LogP contribution in [-0.4, -0.2) is 44.2 Å². The summed E-state index contributed by atoms with van der Waals surface area (Å²) < 4.78 is 1.65. The minimum atomic E-state index is -0.325. The van der Waals surface area contributed by atoms with Crippen LogP contribution in [0.4, 0.5) is 4.79 Å². The summed E-state index contributed by atoms with van der Waals surface area (Å²) in [6.07, 6.45) is 3.05. The summed E-state index contributed by atoms with van der Waals surface area (Å²) in [5, 5.41) is 15.0. The molecular weight excluding hydrogens is 352 g/mol. The topological polar surface area (TPSA) is 75.9 Å². The average Bonchev–Trinajstić information content (AvgIpc) is 3.25. The van der Waals surface area contributed by atoms with Crippen molar-refractivity contribution in [2.45, 2.75) is 19.4 Å². The molecule has 2 aromatic carbocycles. The molecule has 0 radical (unpaired) electrons. The SMILES string of the molecule is CC(NC(=O)N1CCC=C(c2ccccc2)C1)c1nnnn1-c1ccccc1. The van der Waals surface area contributed by atoms with Crippen LogP contribution >= 0.6 is 0 Å². The number of hydrogen-bond donors (Lipinski definition) is 1. The predicted octanol–water partition coefficient (Wildman–Crippen LogP) is 3.22. The molecule has 0 spiro atoms. The zero-order valence-corrected chi connectivity index (χ0v) is 15.7. The van der Waals surface area contributed by atoms with Crippen LogP contribution in [0.15, 0.2) is 66.7 Å². The highest BCUT2D eigenvalue weighted by molar-refractivity contribution is 5.79. The Hall–Kier alpha value is -3.48. The Morgan fingerprint density at radius 2 is 1.79 bits per heavy atom. The van der Waals surface area contributed by atoms with Crippen molar-refractivity contribution in [3.05, 3.63) is 78.1 Å². The van der Waals surface area contributed by atoms with Crippen molar-refractivity contribution in [3.8, 4) is 5.69 Å². The summed E-state index contributed by atoms with van der Waals surface area (Å²) in [5.74, 6) is 0.593. The van der Waals surface area contributed by atoms with Gasteiger partial charge in [-0.2, -0.15) is 4.68 Å². The van der Waals surface area contributed by atoms with E-state index in [0.29, 0.717) is 18.9 Å². The summed E-state index contributed by atoms with van der Waals surface area (Å²) in [5.41, 5.74) is 3.18. The first-order chi connectivity index (χ1) is 13.7. The minimum absolute atomic E-state index is 0.114. The molecule has 1 atom stereocenters. The molecule has 2 amide bonds. The Kier molecular flexibility index (Phi) is 5.14. The van der Waals surface area contributed by atoms with Crippen LogP contribution in [0.1, 0.15) is 30.8 Å². The molecule has 2 heterocycles. The smallest absolute Gasteiger partial charge is 0.318 e. The van der Waals surface area contributed by atoms with E-state index in [2.05, 4.69) is 39.1 Å². The fourth-order valence-corrected chi connectivity index (χ4v) is 3.34. The second-order valence-electron chi connectivity index (χ2n) is 6.76. The fourth-order valence-electron chi connectivity index (χ4n) is 3.34. The molecule has 0 aliphatic carbocycles. The molecule has 1 aliphatic heterocycles. The number of nitrogens with zero attached hydrogens (tertiary/aromatic N) is 5. The molecular formula is C21H22N6O. The molecule has 1 aromatic heterocycles. The van der Waals surface area contributed by atoms with Gasteiger partial charge in [0.25, 0.3) is 0 Å². The maximum atomic E-state index is 12.8. The lowest BCUT2D eigenvalue weighted by molar-refractivity contribution is 0.199. The van der Waals surface area contributed by atoms with Gasteiger partial charge in [0.15, 0.2) is 5.82 Å². The van der Waals surface area contributed by atoms with Crippen LogP contribution in [0.3, 0.4) is 0 Å². The monoisotopic (exact) mass is 374 g/mol. The van der Waals surface area contributed by atoms with E-state index < -0.39 is 0 Å². The molecule has 0 saturated carbocycles. The average molecular weight is 374 g/mol. The summed E-state index contributed by atoms with van der Waals surface area (Å²) in [4.78, 5) is 14.7. The minimum Gasteiger partial charge on any atom is -0.328 e. The number of nitrogens with one attached hydrogen (secondary N) is 1. The highest BCUT2D eigenvalue weighted by atomic mass is 16.2.